The lowest BCUT2D eigenvalue weighted by Crippen LogP contribution is -2.39. The van der Waals surface area contributed by atoms with Crippen molar-refractivity contribution in [1.82, 2.24) is 14.5 Å². The number of aromatic nitrogens is 2. The van der Waals surface area contributed by atoms with Gasteiger partial charge in [-0.3, -0.25) is 19.0 Å². The number of ether oxygens (including phenoxy) is 1. The Morgan fingerprint density at radius 1 is 0.917 bits per heavy atom. The minimum absolute atomic E-state index is 0.0495. The van der Waals surface area contributed by atoms with E-state index in [1.54, 1.807) is 4.57 Å². The maximum absolute atomic E-state index is 13.6. The Morgan fingerprint density at radius 2 is 1.54 bits per heavy atom. The molecule has 2 aromatic rings. The zero-order chi connectivity index (χ0) is 34.3. The van der Waals surface area contributed by atoms with Crippen molar-refractivity contribution in [3.8, 4) is 5.75 Å². The lowest BCUT2D eigenvalue weighted by atomic mass is 9.88. The number of carbonyl (C=O) groups excluding carboxylic acids is 2. The Labute approximate surface area is 286 Å². The van der Waals surface area contributed by atoms with Crippen LogP contribution in [0, 0.1) is 18.7 Å². The molecule has 0 amide bonds. The second-order valence-electron chi connectivity index (χ2n) is 14.0. The number of carbonyl (C=O) groups is 2. The molecule has 2 aliphatic heterocycles. The van der Waals surface area contributed by atoms with Gasteiger partial charge in [0.05, 0.1) is 5.56 Å². The molecule has 266 valence electrons. The largest absolute Gasteiger partial charge is 0.507 e. The molecule has 48 heavy (non-hydrogen) atoms. The van der Waals surface area contributed by atoms with Crippen LogP contribution in [0.2, 0.25) is 0 Å². The number of Topliss-reactive ketones (excluding diaryl/α,β-unsaturated/α-hetero) is 1. The van der Waals surface area contributed by atoms with Crippen molar-refractivity contribution in [2.24, 2.45) is 5.92 Å². The summed E-state index contributed by atoms with van der Waals surface area (Å²) >= 11 is 0. The number of nitrogens with zero attached hydrogens (tertiary/aromatic N) is 3. The van der Waals surface area contributed by atoms with Crippen LogP contribution in [0.25, 0.3) is 0 Å². The van der Waals surface area contributed by atoms with Crippen LogP contribution in [-0.4, -0.2) is 50.9 Å². The number of phenols is 1. The Kier molecular flexibility index (Phi) is 15.6. The maximum atomic E-state index is 13.6. The van der Waals surface area contributed by atoms with Crippen molar-refractivity contribution >= 4 is 11.8 Å². The van der Waals surface area contributed by atoms with Crippen LogP contribution in [0.15, 0.2) is 23.0 Å². The molecule has 4 rings (SSSR count). The van der Waals surface area contributed by atoms with Crippen molar-refractivity contribution in [3.05, 3.63) is 57.0 Å². The van der Waals surface area contributed by atoms with Gasteiger partial charge in [0.2, 0.25) is 0 Å². The Hall–Kier alpha value is -3.07. The van der Waals surface area contributed by atoms with E-state index in [0.29, 0.717) is 75.4 Å². The van der Waals surface area contributed by atoms with Crippen LogP contribution in [-0.2, 0) is 22.5 Å². The highest BCUT2D eigenvalue weighted by Crippen LogP contribution is 2.29. The molecule has 1 atom stereocenters. The van der Waals surface area contributed by atoms with E-state index in [1.807, 2.05) is 6.92 Å². The number of aryl methyl sites for hydroxylation is 1. The van der Waals surface area contributed by atoms with Crippen molar-refractivity contribution in [2.45, 2.75) is 148 Å². The fourth-order valence-corrected chi connectivity index (χ4v) is 7.27. The van der Waals surface area contributed by atoms with Gasteiger partial charge >= 0.3 is 5.97 Å². The highest BCUT2D eigenvalue weighted by molar-refractivity contribution is 6.00. The van der Waals surface area contributed by atoms with E-state index in [-0.39, 0.29) is 34.5 Å². The lowest BCUT2D eigenvalue weighted by Gasteiger charge is -2.31. The van der Waals surface area contributed by atoms with Crippen LogP contribution >= 0.6 is 0 Å². The minimum atomic E-state index is -0.571. The van der Waals surface area contributed by atoms with E-state index in [2.05, 4.69) is 11.8 Å². The van der Waals surface area contributed by atoms with E-state index < -0.39 is 11.9 Å². The van der Waals surface area contributed by atoms with Crippen LogP contribution in [0.3, 0.4) is 0 Å². The summed E-state index contributed by atoms with van der Waals surface area (Å²) in [6.07, 6.45) is 19.6. The number of unbranched alkanes of at least 4 members (excludes halogenated alkanes) is 12. The molecular weight excluding hydrogens is 609 g/mol. The molecule has 1 unspecified atom stereocenters. The predicted octanol–water partition coefficient (Wildman–Crippen LogP) is 8.39. The molecule has 0 radical (unpaired) electrons. The third kappa shape index (κ3) is 11.2. The predicted molar refractivity (Wildman–Crippen MR) is 187 cm³/mol. The Morgan fingerprint density at radius 3 is 2.17 bits per heavy atom. The summed E-state index contributed by atoms with van der Waals surface area (Å²) in [5.41, 5.74) is 1.49. The number of hydrogen-bond donors (Lipinski definition) is 1. The van der Waals surface area contributed by atoms with E-state index in [0.717, 1.165) is 31.7 Å². The number of hydrogen-bond acceptors (Lipinski definition) is 7. The molecule has 0 aliphatic carbocycles. The number of rotatable bonds is 20. The molecule has 1 saturated heterocycles. The van der Waals surface area contributed by atoms with Gasteiger partial charge in [-0.1, -0.05) is 84.0 Å². The number of esters is 1. The average Bonchev–Trinajstić information content (AvgIpc) is 3.07. The third-order valence-electron chi connectivity index (χ3n) is 10.3. The first kappa shape index (κ1) is 37.7. The molecule has 2 aliphatic rings. The summed E-state index contributed by atoms with van der Waals surface area (Å²) in [6.45, 7) is 6.78. The van der Waals surface area contributed by atoms with Gasteiger partial charge in [-0.05, 0) is 70.7 Å². The lowest BCUT2D eigenvalue weighted by molar-refractivity contribution is -0.151. The quantitative estimate of drug-likeness (QED) is 0.0860. The summed E-state index contributed by atoms with van der Waals surface area (Å²) in [5, 5.41) is 10.0. The molecule has 1 aromatic heterocycles. The number of phenolic OH excluding ortho intramolecular Hbond substituents is 1. The standard InChI is InChI=1S/C39H58FN3O5/c1-3-4-5-6-7-8-9-10-11-12-13-14-15-18-36(45)48-35-17-16-24-43-38(35)41-29(2)32(39(43)47)23-27-42-25-21-30(22-26-42)37(46)33-20-19-31(40)28-34(33)44/h19-20,28,30,35,44H,3-18,21-27H2,1-2H3. The van der Waals surface area contributed by atoms with Crippen molar-refractivity contribution in [1.29, 1.82) is 0 Å². The number of halogens is 1. The number of ketones is 1. The first-order chi connectivity index (χ1) is 23.3. The Bertz CT molecular complexity index is 1380. The van der Waals surface area contributed by atoms with E-state index in [9.17, 15) is 23.9 Å². The van der Waals surface area contributed by atoms with Gasteiger partial charge in [0.1, 0.15) is 11.6 Å². The summed E-state index contributed by atoms with van der Waals surface area (Å²) < 4.78 is 20.9. The van der Waals surface area contributed by atoms with Gasteiger partial charge in [-0.2, -0.15) is 0 Å². The highest BCUT2D eigenvalue weighted by atomic mass is 19.1. The fourth-order valence-electron chi connectivity index (χ4n) is 7.27. The van der Waals surface area contributed by atoms with Crippen molar-refractivity contribution < 1.29 is 23.8 Å². The van der Waals surface area contributed by atoms with E-state index >= 15 is 0 Å². The number of aromatic hydroxyl groups is 1. The highest BCUT2D eigenvalue weighted by Gasteiger charge is 2.30. The van der Waals surface area contributed by atoms with E-state index in [1.165, 1.54) is 76.3 Å². The minimum Gasteiger partial charge on any atom is -0.507 e. The van der Waals surface area contributed by atoms with Crippen LogP contribution in [0.1, 0.15) is 156 Å². The Balaban J connectivity index is 1.16. The molecule has 1 N–H and O–H groups in total. The first-order valence-corrected chi connectivity index (χ1v) is 18.8. The molecule has 0 saturated carbocycles. The van der Waals surface area contributed by atoms with Gasteiger partial charge < -0.3 is 14.7 Å². The molecule has 9 heteroatoms. The smallest absolute Gasteiger partial charge is 0.306 e. The zero-order valence-corrected chi connectivity index (χ0v) is 29.5. The van der Waals surface area contributed by atoms with Gasteiger partial charge in [-0.15, -0.1) is 0 Å². The summed E-state index contributed by atoms with van der Waals surface area (Å²) in [5.74, 6) is -0.901. The fraction of sp³-hybridized carbons (Fsp3) is 0.692. The normalized spacial score (nSPS) is 16.9. The summed E-state index contributed by atoms with van der Waals surface area (Å²) in [6, 6.07) is 3.52. The van der Waals surface area contributed by atoms with Gasteiger partial charge in [0.25, 0.3) is 5.56 Å². The molecule has 3 heterocycles. The molecular formula is C39H58FN3O5. The molecule has 1 fully saturated rings. The second kappa shape index (κ2) is 19.8. The second-order valence-corrected chi connectivity index (χ2v) is 14.0. The maximum Gasteiger partial charge on any atom is 0.306 e. The average molecular weight is 668 g/mol. The molecule has 0 bridgehead atoms. The monoisotopic (exact) mass is 667 g/mol. The molecule has 1 aromatic carbocycles. The van der Waals surface area contributed by atoms with Gasteiger partial charge in [0.15, 0.2) is 17.7 Å². The zero-order valence-electron chi connectivity index (χ0n) is 29.5. The van der Waals surface area contributed by atoms with Crippen LogP contribution in [0.5, 0.6) is 5.75 Å². The van der Waals surface area contributed by atoms with Crippen molar-refractivity contribution in [3.63, 3.8) is 0 Å². The van der Waals surface area contributed by atoms with Crippen LogP contribution in [0.4, 0.5) is 4.39 Å². The SMILES string of the molecule is CCCCCCCCCCCCCCCC(=O)OC1CCCn2c1nc(C)c(CCN1CCC(C(=O)c3ccc(F)cc3O)CC1)c2=O. The molecule has 0 spiro atoms. The first-order valence-electron chi connectivity index (χ1n) is 18.8. The number of benzene rings is 1. The van der Waals surface area contributed by atoms with Crippen molar-refractivity contribution in [2.75, 3.05) is 19.6 Å². The number of piperidine rings is 1. The van der Waals surface area contributed by atoms with Gasteiger partial charge in [-0.25, -0.2) is 9.37 Å². The third-order valence-corrected chi connectivity index (χ3v) is 10.3. The van der Waals surface area contributed by atoms with E-state index in [4.69, 9.17) is 9.72 Å². The summed E-state index contributed by atoms with van der Waals surface area (Å²) in [4.78, 5) is 46.2. The number of fused-ring (bicyclic) bond motifs is 1. The topological polar surface area (TPSA) is 102 Å². The van der Waals surface area contributed by atoms with Gasteiger partial charge in [0, 0.05) is 42.8 Å². The number of likely N-dealkylation sites (tertiary alicyclic amines) is 1. The molecule has 8 nitrogen and oxygen atoms in total. The summed E-state index contributed by atoms with van der Waals surface area (Å²) in [7, 11) is 0. The van der Waals surface area contributed by atoms with Crippen LogP contribution < -0.4 is 5.56 Å².